The summed E-state index contributed by atoms with van der Waals surface area (Å²) >= 11 is 0. The maximum Gasteiger partial charge on any atom is 0.262 e. The SMILES string of the molecule is Cc1ccccc1OCC(=O)Nc1ccc2c(c1)nc(CN1CCOCC1)n2C. The van der Waals surface area contributed by atoms with E-state index in [0.717, 1.165) is 61.0 Å². The number of hydrogen-bond donors (Lipinski definition) is 1. The van der Waals surface area contributed by atoms with E-state index in [-0.39, 0.29) is 12.5 Å². The Labute approximate surface area is 170 Å². The minimum absolute atomic E-state index is 0.0343. The molecule has 1 fully saturated rings. The lowest BCUT2D eigenvalue weighted by Crippen LogP contribution is -2.36. The molecular formula is C22H26N4O3. The summed E-state index contributed by atoms with van der Waals surface area (Å²) in [6.45, 7) is 6.09. The van der Waals surface area contributed by atoms with Crippen molar-refractivity contribution in [2.24, 2.45) is 7.05 Å². The quantitative estimate of drug-likeness (QED) is 0.696. The molecule has 0 spiro atoms. The molecule has 1 aliphatic heterocycles. The molecule has 1 amide bonds. The molecule has 1 N–H and O–H groups in total. The standard InChI is InChI=1S/C22H26N4O3/c1-16-5-3-4-6-20(16)29-15-22(27)23-17-7-8-19-18(13-17)24-21(25(19)2)14-26-9-11-28-12-10-26/h3-8,13H,9-12,14-15H2,1-2H3,(H,23,27). The van der Waals surface area contributed by atoms with Crippen molar-refractivity contribution < 1.29 is 14.3 Å². The number of aryl methyl sites for hydroxylation is 2. The van der Waals surface area contributed by atoms with E-state index in [1.165, 1.54) is 0 Å². The van der Waals surface area contributed by atoms with E-state index in [1.807, 2.05) is 56.4 Å². The average molecular weight is 394 g/mol. The Morgan fingerprint density at radius 1 is 1.21 bits per heavy atom. The van der Waals surface area contributed by atoms with Crippen LogP contribution >= 0.6 is 0 Å². The molecule has 1 aromatic heterocycles. The number of morpholine rings is 1. The van der Waals surface area contributed by atoms with Crippen molar-refractivity contribution in [1.82, 2.24) is 14.5 Å². The maximum absolute atomic E-state index is 12.3. The number of anilines is 1. The molecule has 29 heavy (non-hydrogen) atoms. The van der Waals surface area contributed by atoms with Gasteiger partial charge in [-0.1, -0.05) is 18.2 Å². The van der Waals surface area contributed by atoms with Crippen molar-refractivity contribution in [3.05, 3.63) is 53.9 Å². The van der Waals surface area contributed by atoms with E-state index in [4.69, 9.17) is 14.5 Å². The van der Waals surface area contributed by atoms with Gasteiger partial charge in [0.25, 0.3) is 5.91 Å². The van der Waals surface area contributed by atoms with Gasteiger partial charge < -0.3 is 19.4 Å². The lowest BCUT2D eigenvalue weighted by atomic mass is 10.2. The molecule has 3 aromatic rings. The molecule has 0 unspecified atom stereocenters. The molecule has 2 heterocycles. The van der Waals surface area contributed by atoms with Crippen molar-refractivity contribution in [2.75, 3.05) is 38.2 Å². The third kappa shape index (κ3) is 4.58. The second kappa shape index (κ2) is 8.63. The van der Waals surface area contributed by atoms with Crippen LogP contribution in [0.2, 0.25) is 0 Å². The number of amides is 1. The van der Waals surface area contributed by atoms with Gasteiger partial charge in [-0.2, -0.15) is 0 Å². The van der Waals surface area contributed by atoms with Gasteiger partial charge in [-0.3, -0.25) is 9.69 Å². The molecular weight excluding hydrogens is 368 g/mol. The van der Waals surface area contributed by atoms with Crippen LogP contribution < -0.4 is 10.1 Å². The zero-order chi connectivity index (χ0) is 20.2. The molecule has 7 heteroatoms. The minimum Gasteiger partial charge on any atom is -0.483 e. The first kappa shape index (κ1) is 19.4. The third-order valence-electron chi connectivity index (χ3n) is 5.18. The first-order valence-corrected chi connectivity index (χ1v) is 9.84. The van der Waals surface area contributed by atoms with E-state index < -0.39 is 0 Å². The largest absolute Gasteiger partial charge is 0.483 e. The predicted octanol–water partition coefficient (Wildman–Crippen LogP) is 2.73. The van der Waals surface area contributed by atoms with Gasteiger partial charge in [0.1, 0.15) is 11.6 Å². The number of nitrogens with one attached hydrogen (secondary N) is 1. The van der Waals surface area contributed by atoms with Gasteiger partial charge in [0.15, 0.2) is 6.61 Å². The fourth-order valence-electron chi connectivity index (χ4n) is 3.49. The normalized spacial score (nSPS) is 14.8. The molecule has 2 aromatic carbocycles. The second-order valence-electron chi connectivity index (χ2n) is 7.28. The van der Waals surface area contributed by atoms with E-state index in [0.29, 0.717) is 5.69 Å². The fraction of sp³-hybridized carbons (Fsp3) is 0.364. The Balaban J connectivity index is 1.41. The van der Waals surface area contributed by atoms with Crippen LogP contribution in [0.3, 0.4) is 0 Å². The first-order chi connectivity index (χ1) is 14.1. The van der Waals surface area contributed by atoms with Crippen molar-refractivity contribution in [3.63, 3.8) is 0 Å². The third-order valence-corrected chi connectivity index (χ3v) is 5.18. The number of hydrogen-bond acceptors (Lipinski definition) is 5. The number of nitrogens with zero attached hydrogens (tertiary/aromatic N) is 3. The van der Waals surface area contributed by atoms with Crippen LogP contribution in [-0.2, 0) is 23.1 Å². The van der Waals surface area contributed by atoms with Crippen LogP contribution in [0.15, 0.2) is 42.5 Å². The Morgan fingerprint density at radius 2 is 2.00 bits per heavy atom. The molecule has 0 radical (unpaired) electrons. The van der Waals surface area contributed by atoms with Gasteiger partial charge in [0.2, 0.25) is 0 Å². The number of aromatic nitrogens is 2. The maximum atomic E-state index is 12.3. The van der Waals surface area contributed by atoms with E-state index >= 15 is 0 Å². The van der Waals surface area contributed by atoms with Crippen molar-refractivity contribution >= 4 is 22.6 Å². The summed E-state index contributed by atoms with van der Waals surface area (Å²) in [6.07, 6.45) is 0. The fourth-order valence-corrected chi connectivity index (χ4v) is 3.49. The van der Waals surface area contributed by atoms with Crippen molar-refractivity contribution in [2.45, 2.75) is 13.5 Å². The van der Waals surface area contributed by atoms with Gasteiger partial charge in [-0.25, -0.2) is 4.98 Å². The number of ether oxygens (including phenoxy) is 2. The van der Waals surface area contributed by atoms with Gasteiger partial charge in [0, 0.05) is 25.8 Å². The summed E-state index contributed by atoms with van der Waals surface area (Å²) in [5.41, 5.74) is 3.63. The molecule has 152 valence electrons. The molecule has 1 aliphatic rings. The zero-order valence-electron chi connectivity index (χ0n) is 16.9. The minimum atomic E-state index is -0.197. The monoisotopic (exact) mass is 394 g/mol. The smallest absolute Gasteiger partial charge is 0.262 e. The van der Waals surface area contributed by atoms with Crippen molar-refractivity contribution in [1.29, 1.82) is 0 Å². The van der Waals surface area contributed by atoms with Gasteiger partial charge in [0.05, 0.1) is 30.8 Å². The summed E-state index contributed by atoms with van der Waals surface area (Å²) in [4.78, 5) is 19.4. The molecule has 0 bridgehead atoms. The van der Waals surface area contributed by atoms with Gasteiger partial charge >= 0.3 is 0 Å². The highest BCUT2D eigenvalue weighted by atomic mass is 16.5. The summed E-state index contributed by atoms with van der Waals surface area (Å²) < 4.78 is 13.1. The lowest BCUT2D eigenvalue weighted by Gasteiger charge is -2.26. The Morgan fingerprint density at radius 3 is 2.79 bits per heavy atom. The van der Waals surface area contributed by atoms with Crippen LogP contribution in [0.1, 0.15) is 11.4 Å². The summed E-state index contributed by atoms with van der Waals surface area (Å²) in [7, 11) is 2.03. The Kier molecular flexibility index (Phi) is 5.78. The van der Waals surface area contributed by atoms with Crippen molar-refractivity contribution in [3.8, 4) is 5.75 Å². The van der Waals surface area contributed by atoms with Gasteiger partial charge in [-0.05, 0) is 36.8 Å². The zero-order valence-corrected chi connectivity index (χ0v) is 16.9. The number of fused-ring (bicyclic) bond motifs is 1. The Bertz CT molecular complexity index is 1010. The van der Waals surface area contributed by atoms with Crippen LogP contribution in [0.5, 0.6) is 5.75 Å². The first-order valence-electron chi connectivity index (χ1n) is 9.84. The highest BCUT2D eigenvalue weighted by Crippen LogP contribution is 2.21. The molecule has 1 saturated heterocycles. The molecule has 0 atom stereocenters. The average Bonchev–Trinajstić information content (AvgIpc) is 3.03. The molecule has 4 rings (SSSR count). The number of rotatable bonds is 6. The van der Waals surface area contributed by atoms with Crippen LogP contribution in [-0.4, -0.2) is 53.3 Å². The Hall–Kier alpha value is -2.90. The van der Waals surface area contributed by atoms with E-state index in [1.54, 1.807) is 0 Å². The highest BCUT2D eigenvalue weighted by Gasteiger charge is 2.15. The van der Waals surface area contributed by atoms with E-state index in [9.17, 15) is 4.79 Å². The molecule has 0 saturated carbocycles. The number of carbonyl (C=O) groups is 1. The van der Waals surface area contributed by atoms with Crippen LogP contribution in [0, 0.1) is 6.92 Å². The topological polar surface area (TPSA) is 68.6 Å². The summed E-state index contributed by atoms with van der Waals surface area (Å²) in [6, 6.07) is 13.4. The van der Waals surface area contributed by atoms with Crippen LogP contribution in [0.25, 0.3) is 11.0 Å². The van der Waals surface area contributed by atoms with E-state index in [2.05, 4.69) is 14.8 Å². The highest BCUT2D eigenvalue weighted by molar-refractivity contribution is 5.94. The summed E-state index contributed by atoms with van der Waals surface area (Å²) in [5, 5.41) is 2.89. The predicted molar refractivity (Wildman–Crippen MR) is 112 cm³/mol. The van der Waals surface area contributed by atoms with Gasteiger partial charge in [-0.15, -0.1) is 0 Å². The molecule has 0 aliphatic carbocycles. The number of para-hydroxylation sites is 1. The number of imidazole rings is 1. The number of carbonyl (C=O) groups excluding carboxylic acids is 1. The second-order valence-corrected chi connectivity index (χ2v) is 7.28. The lowest BCUT2D eigenvalue weighted by molar-refractivity contribution is -0.118. The van der Waals surface area contributed by atoms with Crippen LogP contribution in [0.4, 0.5) is 5.69 Å². The molecule has 7 nitrogen and oxygen atoms in total. The summed E-state index contributed by atoms with van der Waals surface area (Å²) in [5.74, 6) is 1.53. The number of benzene rings is 2.